The van der Waals surface area contributed by atoms with Crippen LogP contribution < -0.4 is 0 Å². The van der Waals surface area contributed by atoms with Gasteiger partial charge < -0.3 is 19.3 Å². The number of carbonyl (C=O) groups excluding carboxylic acids is 2. The second kappa shape index (κ2) is 9.32. The first kappa shape index (κ1) is 20.4. The SMILES string of the molecule is COCCO[C@H]1C(=O)N(C2CCN(C(=O)c3ccccn3)CC2)[C@H]1c1ccncc1. The highest BCUT2D eigenvalue weighted by Gasteiger charge is 2.52. The third-order valence-electron chi connectivity index (χ3n) is 5.75. The van der Waals surface area contributed by atoms with Gasteiger partial charge in [0.15, 0.2) is 6.10 Å². The molecule has 2 saturated heterocycles. The molecule has 0 radical (unpaired) electrons. The molecular formula is C22H26N4O4. The number of amides is 2. The third kappa shape index (κ3) is 4.06. The zero-order chi connectivity index (χ0) is 20.9. The molecular weight excluding hydrogens is 384 g/mol. The van der Waals surface area contributed by atoms with Gasteiger partial charge in [-0.05, 0) is 42.7 Å². The van der Waals surface area contributed by atoms with Crippen molar-refractivity contribution in [2.75, 3.05) is 33.4 Å². The number of ether oxygens (including phenoxy) is 2. The van der Waals surface area contributed by atoms with Crippen LogP contribution in [0.15, 0.2) is 48.9 Å². The van der Waals surface area contributed by atoms with Gasteiger partial charge in [-0.15, -0.1) is 0 Å². The molecule has 2 amide bonds. The van der Waals surface area contributed by atoms with Gasteiger partial charge in [0.2, 0.25) is 0 Å². The van der Waals surface area contributed by atoms with Crippen LogP contribution in [-0.2, 0) is 14.3 Å². The number of hydrogen-bond donors (Lipinski definition) is 0. The molecule has 2 aromatic rings. The summed E-state index contributed by atoms with van der Waals surface area (Å²) >= 11 is 0. The second-order valence-corrected chi connectivity index (χ2v) is 7.49. The first-order valence-corrected chi connectivity index (χ1v) is 10.2. The number of aromatic nitrogens is 2. The lowest BCUT2D eigenvalue weighted by atomic mass is 9.86. The summed E-state index contributed by atoms with van der Waals surface area (Å²) in [6.07, 6.45) is 6.05. The zero-order valence-corrected chi connectivity index (χ0v) is 17.0. The molecule has 0 saturated carbocycles. The smallest absolute Gasteiger partial charge is 0.272 e. The Labute approximate surface area is 175 Å². The minimum Gasteiger partial charge on any atom is -0.382 e. The lowest BCUT2D eigenvalue weighted by Gasteiger charge is -2.52. The minimum atomic E-state index is -0.504. The van der Waals surface area contributed by atoms with Crippen LogP contribution in [0.4, 0.5) is 0 Å². The maximum atomic E-state index is 12.9. The van der Waals surface area contributed by atoms with Gasteiger partial charge in [-0.3, -0.25) is 19.6 Å². The number of likely N-dealkylation sites (tertiary alicyclic amines) is 2. The van der Waals surface area contributed by atoms with E-state index in [0.717, 1.165) is 18.4 Å². The summed E-state index contributed by atoms with van der Waals surface area (Å²) in [5.74, 6) is -0.0575. The monoisotopic (exact) mass is 410 g/mol. The van der Waals surface area contributed by atoms with Gasteiger partial charge in [-0.1, -0.05) is 6.07 Å². The van der Waals surface area contributed by atoms with E-state index in [0.29, 0.717) is 32.0 Å². The lowest BCUT2D eigenvalue weighted by molar-refractivity contribution is -0.183. The van der Waals surface area contributed by atoms with Crippen molar-refractivity contribution in [3.63, 3.8) is 0 Å². The molecule has 2 aliphatic rings. The molecule has 2 fully saturated rings. The van der Waals surface area contributed by atoms with E-state index < -0.39 is 6.10 Å². The predicted octanol–water partition coefficient (Wildman–Crippen LogP) is 1.70. The van der Waals surface area contributed by atoms with Crippen molar-refractivity contribution in [2.24, 2.45) is 0 Å². The van der Waals surface area contributed by atoms with Crippen LogP contribution in [0, 0.1) is 0 Å². The molecule has 4 rings (SSSR count). The molecule has 2 aliphatic heterocycles. The number of rotatable bonds is 7. The van der Waals surface area contributed by atoms with Gasteiger partial charge in [0.25, 0.3) is 11.8 Å². The van der Waals surface area contributed by atoms with Crippen molar-refractivity contribution in [2.45, 2.75) is 31.0 Å². The van der Waals surface area contributed by atoms with Crippen molar-refractivity contribution >= 4 is 11.8 Å². The molecule has 30 heavy (non-hydrogen) atoms. The van der Waals surface area contributed by atoms with Gasteiger partial charge in [0.1, 0.15) is 5.69 Å². The average molecular weight is 410 g/mol. The molecule has 4 heterocycles. The number of nitrogens with zero attached hydrogens (tertiary/aromatic N) is 4. The fourth-order valence-corrected chi connectivity index (χ4v) is 4.21. The van der Waals surface area contributed by atoms with Crippen molar-refractivity contribution < 1.29 is 19.1 Å². The first-order valence-electron chi connectivity index (χ1n) is 10.2. The number of methoxy groups -OCH3 is 1. The summed E-state index contributed by atoms with van der Waals surface area (Å²) in [4.78, 5) is 37.6. The minimum absolute atomic E-state index is 0.00224. The van der Waals surface area contributed by atoms with Crippen LogP contribution in [0.25, 0.3) is 0 Å². The maximum absolute atomic E-state index is 12.9. The number of pyridine rings is 2. The predicted molar refractivity (Wildman–Crippen MR) is 109 cm³/mol. The molecule has 0 aliphatic carbocycles. The van der Waals surface area contributed by atoms with E-state index in [1.165, 1.54) is 0 Å². The Morgan fingerprint density at radius 2 is 1.87 bits per heavy atom. The van der Waals surface area contributed by atoms with Crippen LogP contribution in [0.5, 0.6) is 0 Å². The zero-order valence-electron chi connectivity index (χ0n) is 17.0. The maximum Gasteiger partial charge on any atom is 0.272 e. The lowest BCUT2D eigenvalue weighted by Crippen LogP contribution is -2.65. The van der Waals surface area contributed by atoms with Crippen molar-refractivity contribution in [1.82, 2.24) is 19.8 Å². The average Bonchev–Trinajstić information content (AvgIpc) is 2.81. The Morgan fingerprint density at radius 1 is 1.10 bits per heavy atom. The van der Waals surface area contributed by atoms with Crippen LogP contribution in [0.2, 0.25) is 0 Å². The van der Waals surface area contributed by atoms with Gasteiger partial charge in [0.05, 0.1) is 19.3 Å². The van der Waals surface area contributed by atoms with E-state index in [1.807, 2.05) is 28.0 Å². The Bertz CT molecular complexity index is 856. The summed E-state index contributed by atoms with van der Waals surface area (Å²) in [6.45, 7) is 2.02. The van der Waals surface area contributed by atoms with Gasteiger partial charge in [0, 0.05) is 44.8 Å². The molecule has 0 bridgehead atoms. The van der Waals surface area contributed by atoms with E-state index in [2.05, 4.69) is 9.97 Å². The van der Waals surface area contributed by atoms with Crippen LogP contribution >= 0.6 is 0 Å². The molecule has 0 N–H and O–H groups in total. The van der Waals surface area contributed by atoms with Gasteiger partial charge in [-0.2, -0.15) is 0 Å². The molecule has 0 aromatic carbocycles. The Kier molecular flexibility index (Phi) is 6.35. The number of carbonyl (C=O) groups is 2. The van der Waals surface area contributed by atoms with Crippen molar-refractivity contribution in [3.8, 4) is 0 Å². The molecule has 0 spiro atoms. The highest BCUT2D eigenvalue weighted by atomic mass is 16.5. The van der Waals surface area contributed by atoms with E-state index >= 15 is 0 Å². The van der Waals surface area contributed by atoms with E-state index in [1.54, 1.807) is 37.8 Å². The molecule has 0 unspecified atom stereocenters. The number of piperidine rings is 1. The quantitative estimate of drug-likeness (QED) is 0.510. The summed E-state index contributed by atoms with van der Waals surface area (Å²) in [5, 5.41) is 0. The Balaban J connectivity index is 1.43. The van der Waals surface area contributed by atoms with Crippen molar-refractivity contribution in [3.05, 3.63) is 60.2 Å². The van der Waals surface area contributed by atoms with Crippen molar-refractivity contribution in [1.29, 1.82) is 0 Å². The Morgan fingerprint density at radius 3 is 2.53 bits per heavy atom. The van der Waals surface area contributed by atoms with Crippen LogP contribution in [-0.4, -0.2) is 77.1 Å². The van der Waals surface area contributed by atoms with E-state index in [-0.39, 0.29) is 23.9 Å². The van der Waals surface area contributed by atoms with E-state index in [4.69, 9.17) is 9.47 Å². The topological polar surface area (TPSA) is 84.9 Å². The highest BCUT2D eigenvalue weighted by Crippen LogP contribution is 2.40. The fraction of sp³-hybridized carbons (Fsp3) is 0.455. The second-order valence-electron chi connectivity index (χ2n) is 7.49. The van der Waals surface area contributed by atoms with Crippen LogP contribution in [0.3, 0.4) is 0 Å². The summed E-state index contributed by atoms with van der Waals surface area (Å²) in [6, 6.07) is 9.13. The molecule has 2 atom stereocenters. The first-order chi connectivity index (χ1) is 14.7. The number of hydrogen-bond acceptors (Lipinski definition) is 6. The third-order valence-corrected chi connectivity index (χ3v) is 5.75. The summed E-state index contributed by atoms with van der Waals surface area (Å²) in [7, 11) is 1.61. The fourth-order valence-electron chi connectivity index (χ4n) is 4.21. The van der Waals surface area contributed by atoms with Gasteiger partial charge >= 0.3 is 0 Å². The Hall–Kier alpha value is -2.84. The highest BCUT2D eigenvalue weighted by molar-refractivity contribution is 5.92. The normalized spacial score (nSPS) is 22.1. The molecule has 8 nitrogen and oxygen atoms in total. The van der Waals surface area contributed by atoms with E-state index in [9.17, 15) is 9.59 Å². The molecule has 2 aromatic heterocycles. The van der Waals surface area contributed by atoms with Gasteiger partial charge in [-0.25, -0.2) is 0 Å². The largest absolute Gasteiger partial charge is 0.382 e. The number of β-lactam (4-membered cyclic amide) rings is 1. The standard InChI is InChI=1S/C22H26N4O4/c1-29-14-15-30-20-19(16-5-10-23-11-6-16)26(22(20)28)17-7-12-25(13-8-17)21(27)18-4-2-3-9-24-18/h2-6,9-11,17,19-20H,7-8,12-15H2,1H3/t19-,20+/m0/s1. The summed E-state index contributed by atoms with van der Waals surface area (Å²) < 4.78 is 10.9. The molecule has 8 heteroatoms. The van der Waals surface area contributed by atoms with Crippen LogP contribution in [0.1, 0.15) is 34.9 Å². The molecule has 158 valence electrons. The summed E-state index contributed by atoms with van der Waals surface area (Å²) in [5.41, 5.74) is 1.47.